The summed E-state index contributed by atoms with van der Waals surface area (Å²) in [5.41, 5.74) is 9.53. The number of nitrogens with one attached hydrogen (secondary N) is 2. The normalized spacial score (nSPS) is 10.7. The van der Waals surface area contributed by atoms with Crippen molar-refractivity contribution < 1.29 is 4.79 Å². The van der Waals surface area contributed by atoms with Gasteiger partial charge < -0.3 is 16.4 Å². The summed E-state index contributed by atoms with van der Waals surface area (Å²) in [4.78, 5) is 24.3. The smallest absolute Gasteiger partial charge is 0.232 e. The van der Waals surface area contributed by atoms with Gasteiger partial charge in [0.25, 0.3) is 0 Å². The van der Waals surface area contributed by atoms with Gasteiger partial charge in [0.05, 0.1) is 11.4 Å². The lowest BCUT2D eigenvalue weighted by atomic mass is 10.1. The van der Waals surface area contributed by atoms with Gasteiger partial charge in [-0.2, -0.15) is 15.0 Å². The fourth-order valence-corrected chi connectivity index (χ4v) is 3.98. The van der Waals surface area contributed by atoms with E-state index in [4.69, 9.17) is 5.73 Å². The van der Waals surface area contributed by atoms with Crippen LogP contribution in [0.2, 0.25) is 0 Å². The molecule has 0 saturated carbocycles. The van der Waals surface area contributed by atoms with E-state index >= 15 is 0 Å². The maximum Gasteiger partial charge on any atom is 0.232 e. The SMILES string of the molecule is CCc1ccccc1Nc1nc(N)nc(CSc2nncn2-c2cccc(NC(C)=O)c2)n1. The molecule has 0 atom stereocenters. The first kappa shape index (κ1) is 22.2. The molecule has 0 spiro atoms. The lowest BCUT2D eigenvalue weighted by Crippen LogP contribution is -2.08. The van der Waals surface area contributed by atoms with Gasteiger partial charge in [-0.1, -0.05) is 43.0 Å². The van der Waals surface area contributed by atoms with Crippen molar-refractivity contribution in [2.45, 2.75) is 31.2 Å². The zero-order valence-corrected chi connectivity index (χ0v) is 19.0. The molecule has 1 amide bonds. The van der Waals surface area contributed by atoms with Gasteiger partial charge in [0.2, 0.25) is 17.8 Å². The van der Waals surface area contributed by atoms with Gasteiger partial charge in [-0.15, -0.1) is 10.2 Å². The van der Waals surface area contributed by atoms with Crippen LogP contribution in [0.15, 0.2) is 60.0 Å². The largest absolute Gasteiger partial charge is 0.368 e. The fourth-order valence-electron chi connectivity index (χ4n) is 3.20. The van der Waals surface area contributed by atoms with E-state index < -0.39 is 0 Å². The van der Waals surface area contributed by atoms with Crippen LogP contribution in [-0.4, -0.2) is 35.6 Å². The molecular weight excluding hydrogens is 438 g/mol. The first-order valence-corrected chi connectivity index (χ1v) is 11.3. The number of anilines is 4. The number of rotatable bonds is 8. The number of nitrogen functional groups attached to an aromatic ring is 1. The van der Waals surface area contributed by atoms with Crippen molar-refractivity contribution in [2.75, 3.05) is 16.4 Å². The summed E-state index contributed by atoms with van der Waals surface area (Å²) in [6.45, 7) is 3.56. The molecule has 4 aromatic rings. The minimum atomic E-state index is -0.135. The molecule has 2 aromatic heterocycles. The Morgan fingerprint density at radius 1 is 1.12 bits per heavy atom. The molecule has 168 valence electrons. The summed E-state index contributed by atoms with van der Waals surface area (Å²) < 4.78 is 1.83. The van der Waals surface area contributed by atoms with Gasteiger partial charge in [-0.3, -0.25) is 9.36 Å². The van der Waals surface area contributed by atoms with E-state index in [1.807, 2.05) is 47.0 Å². The molecule has 2 aromatic carbocycles. The predicted molar refractivity (Wildman–Crippen MR) is 129 cm³/mol. The number of hydrogen-bond acceptors (Lipinski definition) is 9. The molecule has 0 bridgehead atoms. The second-order valence-corrected chi connectivity index (χ2v) is 8.02. The van der Waals surface area contributed by atoms with E-state index in [2.05, 4.69) is 48.8 Å². The summed E-state index contributed by atoms with van der Waals surface area (Å²) in [5.74, 6) is 1.33. The number of thioether (sulfide) groups is 1. The molecule has 4 rings (SSSR count). The summed E-state index contributed by atoms with van der Waals surface area (Å²) in [7, 11) is 0. The number of amides is 1. The van der Waals surface area contributed by atoms with Crippen LogP contribution in [0.3, 0.4) is 0 Å². The zero-order valence-electron chi connectivity index (χ0n) is 18.2. The first-order chi connectivity index (χ1) is 16.0. The number of aromatic nitrogens is 6. The van der Waals surface area contributed by atoms with Crippen molar-refractivity contribution in [3.05, 3.63) is 66.2 Å². The number of benzene rings is 2. The molecule has 0 radical (unpaired) electrons. The van der Waals surface area contributed by atoms with Gasteiger partial charge in [-0.05, 0) is 36.2 Å². The Balaban J connectivity index is 1.51. The number of nitrogens with two attached hydrogens (primary N) is 1. The fraction of sp³-hybridized carbons (Fsp3) is 0.182. The molecule has 0 aliphatic rings. The van der Waals surface area contributed by atoms with Crippen molar-refractivity contribution in [1.82, 2.24) is 29.7 Å². The number of carbonyl (C=O) groups excluding carboxylic acids is 1. The molecule has 2 heterocycles. The average molecular weight is 462 g/mol. The number of aryl methyl sites for hydroxylation is 1. The molecular formula is C22H23N9OS. The van der Waals surface area contributed by atoms with Crippen LogP contribution in [0.5, 0.6) is 0 Å². The third kappa shape index (κ3) is 5.63. The number of para-hydroxylation sites is 1. The second-order valence-electron chi connectivity index (χ2n) is 7.07. The Kier molecular flexibility index (Phi) is 6.79. The standard InChI is InChI=1S/C22H23N9OS/c1-3-15-7-4-5-10-18(15)26-21-28-19(27-20(23)29-21)12-33-22-30-24-13-31(22)17-9-6-8-16(11-17)25-14(2)32/h4-11,13H,3,12H2,1-2H3,(H,25,32)(H3,23,26,27,28,29). The van der Waals surface area contributed by atoms with Crippen molar-refractivity contribution in [3.8, 4) is 5.69 Å². The summed E-state index contributed by atoms with van der Waals surface area (Å²) in [6.07, 6.45) is 2.50. The van der Waals surface area contributed by atoms with Crippen LogP contribution in [0.25, 0.3) is 5.69 Å². The highest BCUT2D eigenvalue weighted by molar-refractivity contribution is 7.98. The topological polar surface area (TPSA) is 137 Å². The molecule has 0 aliphatic carbocycles. The maximum absolute atomic E-state index is 11.4. The van der Waals surface area contributed by atoms with E-state index in [0.29, 0.717) is 28.4 Å². The first-order valence-electron chi connectivity index (χ1n) is 10.3. The van der Waals surface area contributed by atoms with Crippen LogP contribution in [-0.2, 0) is 17.0 Å². The minimum absolute atomic E-state index is 0.135. The Morgan fingerprint density at radius 2 is 1.97 bits per heavy atom. The number of carbonyl (C=O) groups is 1. The lowest BCUT2D eigenvalue weighted by molar-refractivity contribution is -0.114. The van der Waals surface area contributed by atoms with Gasteiger partial charge in [0, 0.05) is 18.3 Å². The number of nitrogens with zero attached hydrogens (tertiary/aromatic N) is 6. The highest BCUT2D eigenvalue weighted by Crippen LogP contribution is 2.25. The summed E-state index contributed by atoms with van der Waals surface area (Å²) in [5, 5.41) is 14.9. The summed E-state index contributed by atoms with van der Waals surface area (Å²) in [6, 6.07) is 15.4. The Bertz CT molecular complexity index is 1270. The lowest BCUT2D eigenvalue weighted by Gasteiger charge is -2.11. The second kappa shape index (κ2) is 10.1. The average Bonchev–Trinajstić information content (AvgIpc) is 3.26. The van der Waals surface area contributed by atoms with Crippen molar-refractivity contribution in [2.24, 2.45) is 0 Å². The molecule has 33 heavy (non-hydrogen) atoms. The van der Waals surface area contributed by atoms with Crippen LogP contribution < -0.4 is 16.4 Å². The molecule has 0 unspecified atom stereocenters. The molecule has 0 aliphatic heterocycles. The molecule has 0 fully saturated rings. The number of hydrogen-bond donors (Lipinski definition) is 3. The molecule has 10 nitrogen and oxygen atoms in total. The molecule has 4 N–H and O–H groups in total. The predicted octanol–water partition coefficient (Wildman–Crippen LogP) is 3.59. The van der Waals surface area contributed by atoms with Crippen LogP contribution in [0.1, 0.15) is 25.2 Å². The Morgan fingerprint density at radius 3 is 2.79 bits per heavy atom. The van der Waals surface area contributed by atoms with Crippen LogP contribution in [0.4, 0.5) is 23.3 Å². The van der Waals surface area contributed by atoms with E-state index in [9.17, 15) is 4.79 Å². The van der Waals surface area contributed by atoms with E-state index in [0.717, 1.165) is 23.4 Å². The third-order valence-corrected chi connectivity index (χ3v) is 5.57. The maximum atomic E-state index is 11.4. The zero-order chi connectivity index (χ0) is 23.2. The molecule has 11 heteroatoms. The third-order valence-electron chi connectivity index (χ3n) is 4.64. The van der Waals surface area contributed by atoms with E-state index in [1.54, 1.807) is 6.33 Å². The van der Waals surface area contributed by atoms with Gasteiger partial charge in [0.1, 0.15) is 12.2 Å². The van der Waals surface area contributed by atoms with Gasteiger partial charge in [0.15, 0.2) is 5.16 Å². The quantitative estimate of drug-likeness (QED) is 0.336. The summed E-state index contributed by atoms with van der Waals surface area (Å²) >= 11 is 1.42. The van der Waals surface area contributed by atoms with Gasteiger partial charge in [-0.25, -0.2) is 0 Å². The van der Waals surface area contributed by atoms with E-state index in [-0.39, 0.29) is 11.9 Å². The van der Waals surface area contributed by atoms with Gasteiger partial charge >= 0.3 is 0 Å². The van der Waals surface area contributed by atoms with Crippen molar-refractivity contribution in [3.63, 3.8) is 0 Å². The highest BCUT2D eigenvalue weighted by atomic mass is 32.2. The van der Waals surface area contributed by atoms with Crippen LogP contribution >= 0.6 is 11.8 Å². The van der Waals surface area contributed by atoms with Crippen molar-refractivity contribution in [1.29, 1.82) is 0 Å². The minimum Gasteiger partial charge on any atom is -0.368 e. The monoisotopic (exact) mass is 461 g/mol. The van der Waals surface area contributed by atoms with Crippen molar-refractivity contribution >= 4 is 40.9 Å². The van der Waals surface area contributed by atoms with Crippen LogP contribution in [0, 0.1) is 0 Å². The molecule has 0 saturated heterocycles. The Labute approximate surface area is 195 Å². The van der Waals surface area contributed by atoms with E-state index in [1.165, 1.54) is 18.7 Å². The Hall–Kier alpha value is -3.99. The highest BCUT2D eigenvalue weighted by Gasteiger charge is 2.12.